The third-order valence-corrected chi connectivity index (χ3v) is 2.63. The number of aromatic amines is 1. The second-order valence-electron chi connectivity index (χ2n) is 4.19. The van der Waals surface area contributed by atoms with Crippen LogP contribution in [-0.4, -0.2) is 9.97 Å². The Balaban J connectivity index is 2.08. The number of anilines is 1. The van der Waals surface area contributed by atoms with E-state index in [1.54, 1.807) is 0 Å². The van der Waals surface area contributed by atoms with Crippen LogP contribution < -0.4 is 5.32 Å². The second kappa shape index (κ2) is 4.39. The molecule has 0 spiro atoms. The van der Waals surface area contributed by atoms with Gasteiger partial charge in [-0.3, -0.25) is 0 Å². The lowest BCUT2D eigenvalue weighted by Crippen LogP contribution is -2.07. The monoisotopic (exact) mass is 215 g/mol. The highest BCUT2D eigenvalue weighted by Crippen LogP contribution is 2.17. The van der Waals surface area contributed by atoms with Crippen LogP contribution in [0.1, 0.15) is 29.8 Å². The topological polar surface area (TPSA) is 40.7 Å². The van der Waals surface area contributed by atoms with E-state index in [0.29, 0.717) is 0 Å². The van der Waals surface area contributed by atoms with Crippen molar-refractivity contribution in [3.05, 3.63) is 47.3 Å². The summed E-state index contributed by atoms with van der Waals surface area (Å²) >= 11 is 0. The Hall–Kier alpha value is -1.77. The first-order valence-corrected chi connectivity index (χ1v) is 5.50. The van der Waals surface area contributed by atoms with E-state index in [9.17, 15) is 0 Å². The summed E-state index contributed by atoms with van der Waals surface area (Å²) in [7, 11) is 0. The van der Waals surface area contributed by atoms with Gasteiger partial charge in [-0.15, -0.1) is 0 Å². The number of nitrogens with one attached hydrogen (secondary N) is 2. The van der Waals surface area contributed by atoms with Crippen LogP contribution in [0.15, 0.2) is 30.5 Å². The van der Waals surface area contributed by atoms with E-state index in [2.05, 4.69) is 53.4 Å². The van der Waals surface area contributed by atoms with E-state index in [-0.39, 0.29) is 6.04 Å². The third kappa shape index (κ3) is 2.42. The third-order valence-electron chi connectivity index (χ3n) is 2.63. The second-order valence-corrected chi connectivity index (χ2v) is 4.19. The first-order valence-electron chi connectivity index (χ1n) is 5.50. The molecule has 1 aromatic carbocycles. The molecule has 0 aliphatic rings. The van der Waals surface area contributed by atoms with E-state index in [0.717, 1.165) is 11.6 Å². The molecular formula is C13H17N3. The molecule has 3 heteroatoms. The Morgan fingerprint density at radius 3 is 2.44 bits per heavy atom. The van der Waals surface area contributed by atoms with Gasteiger partial charge in [-0.2, -0.15) is 0 Å². The summed E-state index contributed by atoms with van der Waals surface area (Å²) in [6.07, 6.45) is 1.82. The van der Waals surface area contributed by atoms with Crippen LogP contribution in [0.4, 0.5) is 5.95 Å². The van der Waals surface area contributed by atoms with Gasteiger partial charge in [-0.05, 0) is 26.3 Å². The van der Waals surface area contributed by atoms with Crippen LogP contribution in [-0.2, 0) is 0 Å². The molecule has 1 unspecified atom stereocenters. The zero-order valence-corrected chi connectivity index (χ0v) is 9.91. The molecule has 0 fully saturated rings. The minimum atomic E-state index is 0.256. The summed E-state index contributed by atoms with van der Waals surface area (Å²) in [5.74, 6) is 0.825. The van der Waals surface area contributed by atoms with Crippen LogP contribution in [0, 0.1) is 13.8 Å². The number of nitrogens with zero attached hydrogens (tertiary/aromatic N) is 1. The van der Waals surface area contributed by atoms with Gasteiger partial charge in [-0.1, -0.05) is 29.8 Å². The molecule has 1 heterocycles. The number of rotatable bonds is 3. The van der Waals surface area contributed by atoms with Crippen molar-refractivity contribution in [1.29, 1.82) is 0 Å². The van der Waals surface area contributed by atoms with E-state index in [1.165, 1.54) is 11.1 Å². The van der Waals surface area contributed by atoms with Crippen molar-refractivity contribution in [3.8, 4) is 0 Å². The number of aryl methyl sites for hydroxylation is 2. The van der Waals surface area contributed by atoms with Crippen molar-refractivity contribution in [3.63, 3.8) is 0 Å². The molecule has 2 aromatic rings. The van der Waals surface area contributed by atoms with Crippen molar-refractivity contribution in [2.24, 2.45) is 0 Å². The molecule has 0 aliphatic heterocycles. The maximum Gasteiger partial charge on any atom is 0.200 e. The molecule has 0 radical (unpaired) electrons. The van der Waals surface area contributed by atoms with Gasteiger partial charge >= 0.3 is 0 Å². The van der Waals surface area contributed by atoms with Gasteiger partial charge in [0.15, 0.2) is 0 Å². The van der Waals surface area contributed by atoms with Crippen LogP contribution in [0.2, 0.25) is 0 Å². The van der Waals surface area contributed by atoms with E-state index < -0.39 is 0 Å². The van der Waals surface area contributed by atoms with E-state index >= 15 is 0 Å². The first-order chi connectivity index (χ1) is 7.65. The number of hydrogen-bond donors (Lipinski definition) is 2. The lowest BCUT2D eigenvalue weighted by Gasteiger charge is -2.13. The van der Waals surface area contributed by atoms with Gasteiger partial charge in [0.05, 0.1) is 6.04 Å². The zero-order chi connectivity index (χ0) is 11.5. The summed E-state index contributed by atoms with van der Waals surface area (Å²) in [6, 6.07) is 8.79. The summed E-state index contributed by atoms with van der Waals surface area (Å²) in [5, 5.41) is 3.33. The first kappa shape index (κ1) is 10.7. The Morgan fingerprint density at radius 1 is 1.19 bits per heavy atom. The maximum atomic E-state index is 4.23. The van der Waals surface area contributed by atoms with Gasteiger partial charge in [0.2, 0.25) is 5.95 Å². The molecule has 0 saturated carbocycles. The summed E-state index contributed by atoms with van der Waals surface area (Å²) in [5.41, 5.74) is 3.61. The minimum Gasteiger partial charge on any atom is -0.349 e. The summed E-state index contributed by atoms with van der Waals surface area (Å²) in [4.78, 5) is 7.40. The molecular weight excluding hydrogens is 198 g/mol. The lowest BCUT2D eigenvalue weighted by molar-refractivity contribution is 0.866. The highest BCUT2D eigenvalue weighted by molar-refractivity contribution is 5.33. The predicted molar refractivity (Wildman–Crippen MR) is 66.5 cm³/mol. The normalized spacial score (nSPS) is 12.4. The van der Waals surface area contributed by atoms with Crippen LogP contribution in [0.3, 0.4) is 0 Å². The molecule has 2 N–H and O–H groups in total. The highest BCUT2D eigenvalue weighted by atomic mass is 15.1. The zero-order valence-electron chi connectivity index (χ0n) is 9.91. The molecule has 0 bridgehead atoms. The van der Waals surface area contributed by atoms with Crippen molar-refractivity contribution < 1.29 is 0 Å². The fraction of sp³-hybridized carbons (Fsp3) is 0.308. The number of imidazole rings is 1. The maximum absolute atomic E-state index is 4.23. The number of benzene rings is 1. The molecule has 1 atom stereocenters. The Bertz CT molecular complexity index is 456. The smallest absolute Gasteiger partial charge is 0.200 e. The Morgan fingerprint density at radius 2 is 1.88 bits per heavy atom. The van der Waals surface area contributed by atoms with E-state index in [1.807, 2.05) is 13.1 Å². The molecule has 1 aromatic heterocycles. The number of hydrogen-bond acceptors (Lipinski definition) is 2. The molecule has 0 amide bonds. The minimum absolute atomic E-state index is 0.256. The lowest BCUT2D eigenvalue weighted by atomic mass is 10.1. The van der Waals surface area contributed by atoms with Crippen LogP contribution >= 0.6 is 0 Å². The van der Waals surface area contributed by atoms with E-state index in [4.69, 9.17) is 0 Å². The van der Waals surface area contributed by atoms with Crippen LogP contribution in [0.25, 0.3) is 0 Å². The van der Waals surface area contributed by atoms with Gasteiger partial charge in [0.1, 0.15) is 0 Å². The van der Waals surface area contributed by atoms with Crippen LogP contribution in [0.5, 0.6) is 0 Å². The number of aromatic nitrogens is 2. The molecule has 16 heavy (non-hydrogen) atoms. The fourth-order valence-electron chi connectivity index (χ4n) is 1.63. The SMILES string of the molecule is Cc1ccc(C(C)Nc2ncc(C)[nH]2)cc1. The molecule has 0 saturated heterocycles. The Kier molecular flexibility index (Phi) is 2.95. The largest absolute Gasteiger partial charge is 0.349 e. The highest BCUT2D eigenvalue weighted by Gasteiger charge is 2.06. The predicted octanol–water partition coefficient (Wildman–Crippen LogP) is 3.20. The molecule has 2 rings (SSSR count). The average Bonchev–Trinajstić information content (AvgIpc) is 2.65. The molecule has 3 nitrogen and oxygen atoms in total. The van der Waals surface area contributed by atoms with Gasteiger partial charge in [-0.25, -0.2) is 4.98 Å². The average molecular weight is 215 g/mol. The molecule has 0 aliphatic carbocycles. The van der Waals surface area contributed by atoms with Crippen molar-refractivity contribution in [2.75, 3.05) is 5.32 Å². The quantitative estimate of drug-likeness (QED) is 0.825. The standard InChI is InChI=1S/C13H17N3/c1-9-4-6-12(7-5-9)11(3)16-13-14-8-10(2)15-13/h4-8,11H,1-3H3,(H2,14,15,16). The number of H-pyrrole nitrogens is 1. The molecule has 84 valence electrons. The van der Waals surface area contributed by atoms with Crippen molar-refractivity contribution >= 4 is 5.95 Å². The van der Waals surface area contributed by atoms with Gasteiger partial charge in [0, 0.05) is 11.9 Å². The Labute approximate surface area is 95.9 Å². The summed E-state index contributed by atoms with van der Waals surface area (Å²) in [6.45, 7) is 6.22. The van der Waals surface area contributed by atoms with Gasteiger partial charge < -0.3 is 10.3 Å². The van der Waals surface area contributed by atoms with Crippen molar-refractivity contribution in [2.45, 2.75) is 26.8 Å². The van der Waals surface area contributed by atoms with Crippen molar-refractivity contribution in [1.82, 2.24) is 9.97 Å². The summed E-state index contributed by atoms with van der Waals surface area (Å²) < 4.78 is 0. The fourth-order valence-corrected chi connectivity index (χ4v) is 1.63. The van der Waals surface area contributed by atoms with Gasteiger partial charge in [0.25, 0.3) is 0 Å².